The SMILES string of the molecule is CC1CCCCN1Cc1cc[n+](CCCOc2ccc3c(c2)OCO3)cc1. The maximum atomic E-state index is 5.83. The van der Waals surface area contributed by atoms with E-state index in [0.29, 0.717) is 19.4 Å². The van der Waals surface area contributed by atoms with Crippen LogP contribution in [0.2, 0.25) is 0 Å². The molecule has 1 unspecified atom stereocenters. The van der Waals surface area contributed by atoms with Crippen molar-refractivity contribution in [3.8, 4) is 17.2 Å². The van der Waals surface area contributed by atoms with Gasteiger partial charge in [-0.05, 0) is 44.0 Å². The molecule has 0 N–H and O–H groups in total. The van der Waals surface area contributed by atoms with Crippen molar-refractivity contribution >= 4 is 0 Å². The summed E-state index contributed by atoms with van der Waals surface area (Å²) in [5, 5.41) is 0. The van der Waals surface area contributed by atoms with E-state index in [9.17, 15) is 0 Å². The van der Waals surface area contributed by atoms with Gasteiger partial charge in [0.05, 0.1) is 6.61 Å². The lowest BCUT2D eigenvalue weighted by molar-refractivity contribution is -0.697. The molecule has 0 bridgehead atoms. The second kappa shape index (κ2) is 8.61. The summed E-state index contributed by atoms with van der Waals surface area (Å²) in [5.74, 6) is 2.38. The van der Waals surface area contributed by atoms with Crippen molar-refractivity contribution < 1.29 is 18.8 Å². The largest absolute Gasteiger partial charge is 0.493 e. The molecule has 0 aliphatic carbocycles. The quantitative estimate of drug-likeness (QED) is 0.552. The molecular formula is C22H29N2O3+. The third-order valence-electron chi connectivity index (χ3n) is 5.46. The molecule has 1 aromatic heterocycles. The fraction of sp³-hybridized carbons (Fsp3) is 0.500. The Labute approximate surface area is 161 Å². The van der Waals surface area contributed by atoms with Crippen LogP contribution in [0, 0.1) is 0 Å². The predicted molar refractivity (Wildman–Crippen MR) is 103 cm³/mol. The first-order chi connectivity index (χ1) is 13.3. The van der Waals surface area contributed by atoms with Crippen LogP contribution in [0.5, 0.6) is 17.2 Å². The molecular weight excluding hydrogens is 340 g/mol. The maximum absolute atomic E-state index is 5.83. The van der Waals surface area contributed by atoms with Crippen molar-refractivity contribution in [3.05, 3.63) is 48.3 Å². The van der Waals surface area contributed by atoms with Gasteiger partial charge < -0.3 is 14.2 Å². The first-order valence-electron chi connectivity index (χ1n) is 10.0. The second-order valence-corrected chi connectivity index (χ2v) is 7.48. The number of likely N-dealkylation sites (tertiary alicyclic amines) is 1. The van der Waals surface area contributed by atoms with E-state index < -0.39 is 0 Å². The van der Waals surface area contributed by atoms with Gasteiger partial charge in [0.2, 0.25) is 6.79 Å². The first kappa shape index (κ1) is 18.1. The highest BCUT2D eigenvalue weighted by Gasteiger charge is 2.18. The molecule has 0 saturated carbocycles. The topological polar surface area (TPSA) is 34.8 Å². The summed E-state index contributed by atoms with van der Waals surface area (Å²) in [6, 6.07) is 10.9. The highest BCUT2D eigenvalue weighted by atomic mass is 16.7. The van der Waals surface area contributed by atoms with E-state index in [-0.39, 0.29) is 0 Å². The number of rotatable bonds is 7. The van der Waals surface area contributed by atoms with E-state index in [1.807, 2.05) is 18.2 Å². The van der Waals surface area contributed by atoms with Crippen molar-refractivity contribution in [1.82, 2.24) is 4.90 Å². The lowest BCUT2D eigenvalue weighted by Gasteiger charge is -2.33. The Morgan fingerprint density at radius 2 is 1.96 bits per heavy atom. The van der Waals surface area contributed by atoms with Crippen LogP contribution in [-0.2, 0) is 13.1 Å². The Balaban J connectivity index is 1.21. The fourth-order valence-corrected chi connectivity index (χ4v) is 3.77. The summed E-state index contributed by atoms with van der Waals surface area (Å²) in [6.07, 6.45) is 9.37. The molecule has 1 atom stereocenters. The van der Waals surface area contributed by atoms with Crippen molar-refractivity contribution in [3.63, 3.8) is 0 Å². The summed E-state index contributed by atoms with van der Waals surface area (Å²) >= 11 is 0. The Hall–Kier alpha value is -2.27. The number of pyridine rings is 1. The van der Waals surface area contributed by atoms with Crippen molar-refractivity contribution in [2.75, 3.05) is 19.9 Å². The zero-order valence-electron chi connectivity index (χ0n) is 16.1. The highest BCUT2D eigenvalue weighted by molar-refractivity contribution is 5.46. The molecule has 4 rings (SSSR count). The van der Waals surface area contributed by atoms with E-state index >= 15 is 0 Å². The standard InChI is InChI=1S/C22H29N2O3/c1-18-5-2-3-11-24(18)16-19-8-12-23(13-9-19)10-4-14-25-20-6-7-21-22(15-20)27-17-26-21/h6-9,12-13,15,18H,2-5,10-11,14,16-17H2,1H3/q+1. The minimum Gasteiger partial charge on any atom is -0.493 e. The van der Waals surface area contributed by atoms with Gasteiger partial charge in [0, 0.05) is 37.2 Å². The third kappa shape index (κ3) is 4.72. The molecule has 5 nitrogen and oxygen atoms in total. The van der Waals surface area contributed by atoms with E-state index in [0.717, 1.165) is 36.8 Å². The molecule has 27 heavy (non-hydrogen) atoms. The minimum absolute atomic E-state index is 0.294. The van der Waals surface area contributed by atoms with Crippen LogP contribution in [-0.4, -0.2) is 30.9 Å². The predicted octanol–water partition coefficient (Wildman–Crippen LogP) is 3.55. The van der Waals surface area contributed by atoms with Gasteiger partial charge in [-0.25, -0.2) is 4.57 Å². The van der Waals surface area contributed by atoms with Crippen LogP contribution in [0.25, 0.3) is 0 Å². The zero-order valence-corrected chi connectivity index (χ0v) is 16.1. The molecule has 1 fully saturated rings. The second-order valence-electron chi connectivity index (χ2n) is 7.48. The molecule has 0 spiro atoms. The maximum Gasteiger partial charge on any atom is 0.231 e. The van der Waals surface area contributed by atoms with Crippen LogP contribution >= 0.6 is 0 Å². The number of piperidine rings is 1. The van der Waals surface area contributed by atoms with Crippen LogP contribution in [0.3, 0.4) is 0 Å². The number of aromatic nitrogens is 1. The minimum atomic E-state index is 0.294. The molecule has 1 saturated heterocycles. The van der Waals surface area contributed by atoms with Gasteiger partial charge in [-0.3, -0.25) is 4.90 Å². The monoisotopic (exact) mass is 369 g/mol. The van der Waals surface area contributed by atoms with Gasteiger partial charge in [-0.15, -0.1) is 0 Å². The summed E-state index contributed by atoms with van der Waals surface area (Å²) < 4.78 is 18.8. The lowest BCUT2D eigenvalue weighted by Crippen LogP contribution is -2.37. The smallest absolute Gasteiger partial charge is 0.231 e. The highest BCUT2D eigenvalue weighted by Crippen LogP contribution is 2.35. The van der Waals surface area contributed by atoms with Gasteiger partial charge in [0.25, 0.3) is 0 Å². The van der Waals surface area contributed by atoms with E-state index in [1.165, 1.54) is 31.4 Å². The van der Waals surface area contributed by atoms with E-state index in [4.69, 9.17) is 14.2 Å². The van der Waals surface area contributed by atoms with Crippen LogP contribution < -0.4 is 18.8 Å². The summed E-state index contributed by atoms with van der Waals surface area (Å²) in [4.78, 5) is 2.60. The molecule has 0 radical (unpaired) electrons. The van der Waals surface area contributed by atoms with Gasteiger partial charge in [-0.1, -0.05) is 6.42 Å². The van der Waals surface area contributed by atoms with Gasteiger partial charge in [-0.2, -0.15) is 0 Å². The number of hydrogen-bond acceptors (Lipinski definition) is 4. The van der Waals surface area contributed by atoms with Crippen molar-refractivity contribution in [1.29, 1.82) is 0 Å². The number of ether oxygens (including phenoxy) is 3. The Bertz CT molecular complexity index is 748. The molecule has 144 valence electrons. The van der Waals surface area contributed by atoms with Crippen molar-refractivity contribution in [2.24, 2.45) is 0 Å². The third-order valence-corrected chi connectivity index (χ3v) is 5.46. The zero-order chi connectivity index (χ0) is 18.5. The van der Waals surface area contributed by atoms with Crippen LogP contribution in [0.4, 0.5) is 0 Å². The molecule has 2 aliphatic rings. The number of hydrogen-bond donors (Lipinski definition) is 0. The average molecular weight is 369 g/mol. The summed E-state index contributed by atoms with van der Waals surface area (Å²) in [6.45, 7) is 6.57. The molecule has 5 heteroatoms. The Morgan fingerprint density at radius 1 is 1.11 bits per heavy atom. The summed E-state index contributed by atoms with van der Waals surface area (Å²) in [5.41, 5.74) is 1.40. The number of aryl methyl sites for hydroxylation is 1. The first-order valence-corrected chi connectivity index (χ1v) is 10.0. The lowest BCUT2D eigenvalue weighted by atomic mass is 10.0. The molecule has 2 aliphatic heterocycles. The van der Waals surface area contributed by atoms with Gasteiger partial charge in [0.1, 0.15) is 5.75 Å². The van der Waals surface area contributed by atoms with E-state index in [2.05, 4.69) is 40.9 Å². The molecule has 1 aromatic carbocycles. The Morgan fingerprint density at radius 3 is 2.81 bits per heavy atom. The van der Waals surface area contributed by atoms with Crippen LogP contribution in [0.1, 0.15) is 38.2 Å². The van der Waals surface area contributed by atoms with Gasteiger partial charge >= 0.3 is 0 Å². The van der Waals surface area contributed by atoms with Crippen molar-refractivity contribution in [2.45, 2.75) is 51.7 Å². The van der Waals surface area contributed by atoms with E-state index in [1.54, 1.807) is 0 Å². The summed E-state index contributed by atoms with van der Waals surface area (Å²) in [7, 11) is 0. The number of nitrogens with zero attached hydrogens (tertiary/aromatic N) is 2. The van der Waals surface area contributed by atoms with Crippen LogP contribution in [0.15, 0.2) is 42.7 Å². The van der Waals surface area contributed by atoms with Gasteiger partial charge in [0.15, 0.2) is 30.4 Å². The number of fused-ring (bicyclic) bond motifs is 1. The average Bonchev–Trinajstić information content (AvgIpc) is 3.16. The fourth-order valence-electron chi connectivity index (χ4n) is 3.77. The molecule has 3 heterocycles. The Kier molecular flexibility index (Phi) is 5.78. The molecule has 2 aromatic rings. The normalized spacial score (nSPS) is 19.2. The number of benzene rings is 1. The molecule has 0 amide bonds.